The number of alkyl halides is 1. The lowest BCUT2D eigenvalue weighted by Crippen LogP contribution is -2.45. The van der Waals surface area contributed by atoms with Gasteiger partial charge in [0.15, 0.2) is 11.4 Å². The van der Waals surface area contributed by atoms with Crippen LogP contribution in [-0.2, 0) is 6.42 Å². The molecule has 32 heavy (non-hydrogen) atoms. The van der Waals surface area contributed by atoms with Crippen LogP contribution in [0.15, 0.2) is 30.6 Å². The van der Waals surface area contributed by atoms with Crippen molar-refractivity contribution >= 4 is 45.7 Å². The molecular weight excluding hydrogens is 539 g/mol. The van der Waals surface area contributed by atoms with Crippen LogP contribution in [0.2, 0.25) is 5.02 Å². The van der Waals surface area contributed by atoms with Crippen LogP contribution in [0.3, 0.4) is 0 Å². The van der Waals surface area contributed by atoms with E-state index in [-0.39, 0.29) is 11.9 Å². The molecule has 0 aliphatic carbocycles. The van der Waals surface area contributed by atoms with E-state index >= 15 is 0 Å². The Morgan fingerprint density at radius 2 is 2.06 bits per heavy atom. The van der Waals surface area contributed by atoms with Crippen LogP contribution in [-0.4, -0.2) is 49.3 Å². The molecule has 8 heteroatoms. The highest BCUT2D eigenvalue weighted by Crippen LogP contribution is 2.31. The van der Waals surface area contributed by atoms with Crippen molar-refractivity contribution in [2.24, 2.45) is 0 Å². The molecular formula is C24H30ClIN4O2. The van der Waals surface area contributed by atoms with E-state index in [4.69, 9.17) is 21.3 Å². The second-order valence-corrected chi connectivity index (χ2v) is 8.27. The van der Waals surface area contributed by atoms with E-state index in [9.17, 15) is 4.79 Å². The normalized spacial score (nSPS) is 15.9. The SMILES string of the molecule is CCOc1c(Cl)cc(C)nc1C(=O)N1CCCC[C@H]1Cc1cn2cccc(C)c2n1.CI. The monoisotopic (exact) mass is 568 g/mol. The predicted octanol–water partition coefficient (Wildman–Crippen LogP) is 5.69. The number of likely N-dealkylation sites (tertiary alicyclic amines) is 1. The summed E-state index contributed by atoms with van der Waals surface area (Å²) in [5, 5.41) is 0.428. The lowest BCUT2D eigenvalue weighted by Gasteiger charge is -2.35. The van der Waals surface area contributed by atoms with Crippen molar-refractivity contribution < 1.29 is 9.53 Å². The number of ether oxygens (including phenoxy) is 1. The molecule has 1 aliphatic rings. The molecule has 0 aromatic carbocycles. The van der Waals surface area contributed by atoms with Crippen molar-refractivity contribution in [2.75, 3.05) is 18.1 Å². The second-order valence-electron chi connectivity index (χ2n) is 7.86. The minimum Gasteiger partial charge on any atom is -0.490 e. The van der Waals surface area contributed by atoms with Crippen molar-refractivity contribution in [1.29, 1.82) is 0 Å². The fourth-order valence-electron chi connectivity index (χ4n) is 4.21. The Bertz CT molecular complexity index is 1090. The second kappa shape index (κ2) is 11.3. The van der Waals surface area contributed by atoms with E-state index in [1.807, 2.05) is 35.9 Å². The number of amides is 1. The Kier molecular flexibility index (Phi) is 8.76. The standard InChI is InChI=1S/C23H27ClN4O2.CH3I/c1-4-30-21-19(24)12-16(3)25-20(21)23(29)28-11-6-5-9-18(28)13-17-14-27-10-7-8-15(2)22(27)26-17;1-2/h7-8,10,12,14,18H,4-6,9,11,13H2,1-3H3;1H3/t18-;/m0./s1. The Hall–Kier alpha value is -1.87. The molecule has 1 fully saturated rings. The first kappa shape index (κ1) is 24.8. The lowest BCUT2D eigenvalue weighted by molar-refractivity contribution is 0.0601. The molecule has 0 saturated carbocycles. The van der Waals surface area contributed by atoms with Gasteiger partial charge in [0, 0.05) is 37.1 Å². The van der Waals surface area contributed by atoms with Crippen LogP contribution < -0.4 is 4.74 Å². The molecule has 0 spiro atoms. The van der Waals surface area contributed by atoms with Crippen LogP contribution in [0, 0.1) is 13.8 Å². The summed E-state index contributed by atoms with van der Waals surface area (Å²) in [6.07, 6.45) is 7.82. The smallest absolute Gasteiger partial charge is 0.276 e. The molecule has 1 atom stereocenters. The maximum atomic E-state index is 13.5. The molecule has 3 aromatic heterocycles. The maximum Gasteiger partial charge on any atom is 0.276 e. The molecule has 172 valence electrons. The summed E-state index contributed by atoms with van der Waals surface area (Å²) in [5.74, 6) is 0.260. The average Bonchev–Trinajstić information content (AvgIpc) is 3.21. The highest BCUT2D eigenvalue weighted by atomic mass is 127. The molecule has 6 nitrogen and oxygen atoms in total. The van der Waals surface area contributed by atoms with Gasteiger partial charge in [0.05, 0.1) is 17.3 Å². The van der Waals surface area contributed by atoms with Crippen molar-refractivity contribution in [3.8, 4) is 5.75 Å². The highest BCUT2D eigenvalue weighted by molar-refractivity contribution is 14.1. The summed E-state index contributed by atoms with van der Waals surface area (Å²) in [6.45, 7) is 6.90. The number of carbonyl (C=O) groups is 1. The molecule has 3 aromatic rings. The number of fused-ring (bicyclic) bond motifs is 1. The van der Waals surface area contributed by atoms with Crippen molar-refractivity contribution in [3.63, 3.8) is 0 Å². The lowest BCUT2D eigenvalue weighted by atomic mass is 9.97. The predicted molar refractivity (Wildman–Crippen MR) is 137 cm³/mol. The average molecular weight is 569 g/mol. The number of carbonyl (C=O) groups excluding carboxylic acids is 1. The minimum absolute atomic E-state index is 0.0760. The quantitative estimate of drug-likeness (QED) is 0.293. The highest BCUT2D eigenvalue weighted by Gasteiger charge is 2.31. The van der Waals surface area contributed by atoms with E-state index in [2.05, 4.69) is 51.2 Å². The first-order chi connectivity index (χ1) is 15.5. The maximum absolute atomic E-state index is 13.5. The third-order valence-electron chi connectivity index (χ3n) is 5.61. The van der Waals surface area contributed by atoms with Gasteiger partial charge < -0.3 is 14.0 Å². The van der Waals surface area contributed by atoms with Crippen molar-refractivity contribution in [1.82, 2.24) is 19.3 Å². The summed E-state index contributed by atoms with van der Waals surface area (Å²) in [4.78, 5) is 26.7. The fraction of sp³-hybridized carbons (Fsp3) is 0.458. The first-order valence-electron chi connectivity index (χ1n) is 10.9. The van der Waals surface area contributed by atoms with Gasteiger partial charge in [-0.15, -0.1) is 0 Å². The van der Waals surface area contributed by atoms with Gasteiger partial charge in [-0.3, -0.25) is 4.79 Å². The Labute approximate surface area is 208 Å². The number of halogens is 2. The Morgan fingerprint density at radius 3 is 2.78 bits per heavy atom. The molecule has 0 radical (unpaired) electrons. The molecule has 0 N–H and O–H groups in total. The molecule has 4 rings (SSSR count). The third kappa shape index (κ3) is 5.36. The van der Waals surface area contributed by atoms with E-state index in [1.165, 1.54) is 0 Å². The number of hydrogen-bond acceptors (Lipinski definition) is 4. The van der Waals surface area contributed by atoms with Crippen LogP contribution >= 0.6 is 34.2 Å². The van der Waals surface area contributed by atoms with Crippen LogP contribution in [0.1, 0.15) is 53.6 Å². The summed E-state index contributed by atoms with van der Waals surface area (Å²) in [7, 11) is 0. The van der Waals surface area contributed by atoms with E-state index in [0.29, 0.717) is 35.3 Å². The molecule has 1 amide bonds. The number of pyridine rings is 2. The fourth-order valence-corrected chi connectivity index (χ4v) is 4.51. The van der Waals surface area contributed by atoms with Crippen molar-refractivity contribution in [2.45, 2.75) is 52.5 Å². The van der Waals surface area contributed by atoms with E-state index in [1.54, 1.807) is 6.07 Å². The van der Waals surface area contributed by atoms with Gasteiger partial charge in [0.2, 0.25) is 0 Å². The van der Waals surface area contributed by atoms with Crippen molar-refractivity contribution in [3.05, 3.63) is 58.3 Å². The number of nitrogens with zero attached hydrogens (tertiary/aromatic N) is 4. The van der Waals surface area contributed by atoms with Gasteiger partial charge in [-0.2, -0.15) is 0 Å². The summed E-state index contributed by atoms with van der Waals surface area (Å²) in [5.41, 5.74) is 4.11. The van der Waals surface area contributed by atoms with Gasteiger partial charge in [0.1, 0.15) is 5.65 Å². The van der Waals surface area contributed by atoms with Crippen LogP contribution in [0.4, 0.5) is 0 Å². The third-order valence-corrected chi connectivity index (χ3v) is 5.89. The molecule has 1 aliphatic heterocycles. The molecule has 0 unspecified atom stereocenters. The van der Waals surface area contributed by atoms with Gasteiger partial charge in [-0.25, -0.2) is 9.97 Å². The van der Waals surface area contributed by atoms with Gasteiger partial charge in [-0.1, -0.05) is 40.3 Å². The first-order valence-corrected chi connectivity index (χ1v) is 13.4. The van der Waals surface area contributed by atoms with Gasteiger partial charge in [0.25, 0.3) is 5.91 Å². The van der Waals surface area contributed by atoms with Crippen LogP contribution in [0.5, 0.6) is 5.75 Å². The topological polar surface area (TPSA) is 59.7 Å². The van der Waals surface area contributed by atoms with E-state index < -0.39 is 0 Å². The molecule has 0 bridgehead atoms. The Morgan fingerprint density at radius 1 is 1.28 bits per heavy atom. The summed E-state index contributed by atoms with van der Waals surface area (Å²) >= 11 is 8.52. The minimum atomic E-state index is -0.117. The summed E-state index contributed by atoms with van der Waals surface area (Å²) < 4.78 is 7.73. The zero-order chi connectivity index (χ0) is 23.3. The Balaban J connectivity index is 0.00000141. The largest absolute Gasteiger partial charge is 0.490 e. The van der Waals surface area contributed by atoms with Gasteiger partial charge in [-0.05, 0) is 62.7 Å². The number of aromatic nitrogens is 3. The number of rotatable bonds is 5. The number of hydrogen-bond donors (Lipinski definition) is 0. The number of aryl methyl sites for hydroxylation is 2. The van der Waals surface area contributed by atoms with Crippen LogP contribution in [0.25, 0.3) is 5.65 Å². The van der Waals surface area contributed by atoms with Gasteiger partial charge >= 0.3 is 0 Å². The zero-order valence-corrected chi connectivity index (χ0v) is 22.0. The number of piperidine rings is 1. The zero-order valence-electron chi connectivity index (χ0n) is 19.1. The van der Waals surface area contributed by atoms with E-state index in [0.717, 1.165) is 42.6 Å². The number of imidazole rings is 1. The summed E-state index contributed by atoms with van der Waals surface area (Å²) in [6, 6.07) is 5.89. The molecule has 1 saturated heterocycles. The molecule has 4 heterocycles.